The first-order valence-corrected chi connectivity index (χ1v) is 5.84. The summed E-state index contributed by atoms with van der Waals surface area (Å²) in [6.45, 7) is 0.105. The Balaban J connectivity index is 0.000000437. The molecule has 1 aromatic carbocycles. The van der Waals surface area contributed by atoms with Crippen molar-refractivity contribution in [2.75, 3.05) is 13.7 Å². The number of phenolic OH excluding ortho intramolecular Hbond substituents is 1. The molecule has 98 valence electrons. The third-order valence-electron chi connectivity index (χ3n) is 1.64. The smallest absolute Gasteiger partial charge is 0.394 e. The summed E-state index contributed by atoms with van der Waals surface area (Å²) in [7, 11) is -3.17. The molecule has 0 atom stereocenters. The Morgan fingerprint density at radius 1 is 1.29 bits per heavy atom. The number of hydrogen-bond donors (Lipinski definition) is 4. The number of rotatable bonds is 3. The van der Waals surface area contributed by atoms with Crippen molar-refractivity contribution in [2.45, 2.75) is 6.42 Å². The number of benzene rings is 1. The Kier molecular flexibility index (Phi) is 6.51. The second-order valence-corrected chi connectivity index (χ2v) is 3.82. The highest BCUT2D eigenvalue weighted by molar-refractivity contribution is 7.79. The van der Waals surface area contributed by atoms with Crippen molar-refractivity contribution < 1.29 is 32.5 Å². The number of methoxy groups -OCH3 is 1. The number of aliphatic hydroxyl groups excluding tert-OH is 1. The van der Waals surface area contributed by atoms with E-state index in [-0.39, 0.29) is 12.4 Å². The predicted molar refractivity (Wildman–Crippen MR) is 59.6 cm³/mol. The lowest BCUT2D eigenvalue weighted by atomic mass is 10.1. The fraction of sp³-hybridized carbons (Fsp3) is 0.333. The van der Waals surface area contributed by atoms with Crippen molar-refractivity contribution in [2.24, 2.45) is 0 Å². The zero-order chi connectivity index (χ0) is 13.5. The van der Waals surface area contributed by atoms with Crippen LogP contribution in [0.5, 0.6) is 11.5 Å². The minimum Gasteiger partial charge on any atom is -0.504 e. The molecule has 0 aromatic heterocycles. The molecule has 1 aromatic rings. The summed E-state index contributed by atoms with van der Waals surface area (Å²) in [5, 5.41) is 17.9. The van der Waals surface area contributed by atoms with Gasteiger partial charge in [0, 0.05) is 6.61 Å². The van der Waals surface area contributed by atoms with Gasteiger partial charge in [-0.05, 0) is 24.1 Å². The highest BCUT2D eigenvalue weighted by atomic mass is 32.3. The van der Waals surface area contributed by atoms with Crippen molar-refractivity contribution in [3.63, 3.8) is 0 Å². The average molecular weight is 266 g/mol. The van der Waals surface area contributed by atoms with Crippen LogP contribution in [-0.2, 0) is 16.8 Å². The molecule has 0 unspecified atom stereocenters. The van der Waals surface area contributed by atoms with Crippen LogP contribution in [0.2, 0.25) is 0 Å². The molecule has 0 aliphatic heterocycles. The largest absolute Gasteiger partial charge is 0.504 e. The molecule has 17 heavy (non-hydrogen) atoms. The van der Waals surface area contributed by atoms with E-state index in [1.54, 1.807) is 18.2 Å². The van der Waals surface area contributed by atoms with Gasteiger partial charge in [0.25, 0.3) is 0 Å². The van der Waals surface area contributed by atoms with E-state index in [2.05, 4.69) is 0 Å². The van der Waals surface area contributed by atoms with Gasteiger partial charge in [-0.25, -0.2) is 0 Å². The molecule has 0 aliphatic rings. The third kappa shape index (κ3) is 8.46. The van der Waals surface area contributed by atoms with E-state index >= 15 is 0 Å². The Morgan fingerprint density at radius 2 is 1.82 bits per heavy atom. The van der Waals surface area contributed by atoms with Crippen LogP contribution in [-0.4, -0.2) is 41.5 Å². The van der Waals surface area contributed by atoms with Gasteiger partial charge < -0.3 is 14.9 Å². The quantitative estimate of drug-likeness (QED) is 0.579. The van der Waals surface area contributed by atoms with E-state index in [1.807, 2.05) is 0 Å². The van der Waals surface area contributed by atoms with Gasteiger partial charge in [0.15, 0.2) is 11.5 Å². The monoisotopic (exact) mass is 266 g/mol. The van der Waals surface area contributed by atoms with Crippen molar-refractivity contribution in [3.8, 4) is 11.5 Å². The molecular formula is C9H14O7S. The number of phenols is 1. The first kappa shape index (κ1) is 15.7. The van der Waals surface area contributed by atoms with Crippen molar-refractivity contribution >= 4 is 10.4 Å². The van der Waals surface area contributed by atoms with E-state index in [0.717, 1.165) is 5.56 Å². The topological polar surface area (TPSA) is 124 Å². The van der Waals surface area contributed by atoms with Crippen LogP contribution in [0, 0.1) is 0 Å². The van der Waals surface area contributed by atoms with E-state index < -0.39 is 10.4 Å². The standard InChI is InChI=1S/C9H12O3.H2O4S/c1-12-9-6-7(4-5-10)2-3-8(9)11;1-5(2,3)4/h2-3,6,10-11H,4-5H2,1H3;(H2,1,2,3,4). The van der Waals surface area contributed by atoms with Gasteiger partial charge in [-0.2, -0.15) is 8.42 Å². The van der Waals surface area contributed by atoms with Crippen LogP contribution in [0.3, 0.4) is 0 Å². The first-order chi connectivity index (χ1) is 7.77. The van der Waals surface area contributed by atoms with Crippen LogP contribution in [0.25, 0.3) is 0 Å². The Hall–Kier alpha value is -1.35. The third-order valence-corrected chi connectivity index (χ3v) is 1.64. The van der Waals surface area contributed by atoms with Gasteiger partial charge in [-0.1, -0.05) is 6.07 Å². The molecule has 0 radical (unpaired) electrons. The number of ether oxygens (including phenoxy) is 1. The van der Waals surface area contributed by atoms with Crippen molar-refractivity contribution in [3.05, 3.63) is 23.8 Å². The molecule has 0 saturated carbocycles. The van der Waals surface area contributed by atoms with Gasteiger partial charge in [0.1, 0.15) is 0 Å². The normalized spacial score (nSPS) is 10.4. The second-order valence-electron chi connectivity index (χ2n) is 2.93. The zero-order valence-corrected chi connectivity index (χ0v) is 9.88. The lowest BCUT2D eigenvalue weighted by molar-refractivity contribution is 0.299. The van der Waals surface area contributed by atoms with Crippen LogP contribution in [0.15, 0.2) is 18.2 Å². The maximum absolute atomic E-state index is 9.22. The van der Waals surface area contributed by atoms with Crippen LogP contribution in [0.4, 0.5) is 0 Å². The molecule has 0 saturated heterocycles. The summed E-state index contributed by atoms with van der Waals surface area (Å²) in [4.78, 5) is 0. The summed E-state index contributed by atoms with van der Waals surface area (Å²) < 4.78 is 36.5. The van der Waals surface area contributed by atoms with Crippen molar-refractivity contribution in [1.82, 2.24) is 0 Å². The van der Waals surface area contributed by atoms with Crippen LogP contribution in [0.1, 0.15) is 5.56 Å². The van der Waals surface area contributed by atoms with Gasteiger partial charge in [-0.15, -0.1) is 0 Å². The molecular weight excluding hydrogens is 252 g/mol. The van der Waals surface area contributed by atoms with Gasteiger partial charge in [0.05, 0.1) is 7.11 Å². The molecule has 0 aliphatic carbocycles. The Morgan fingerprint density at radius 3 is 2.24 bits per heavy atom. The lowest BCUT2D eigenvalue weighted by Gasteiger charge is -2.04. The second kappa shape index (κ2) is 7.07. The fourth-order valence-electron chi connectivity index (χ4n) is 1.01. The number of hydrogen-bond acceptors (Lipinski definition) is 5. The molecule has 0 amide bonds. The van der Waals surface area contributed by atoms with Crippen LogP contribution < -0.4 is 4.74 Å². The highest BCUT2D eigenvalue weighted by Gasteiger charge is 2.01. The summed E-state index contributed by atoms with van der Waals surface area (Å²) in [6.07, 6.45) is 0.580. The molecule has 0 spiro atoms. The van der Waals surface area contributed by atoms with Gasteiger partial charge in [0.2, 0.25) is 0 Å². The Bertz CT molecular complexity index is 433. The Labute approximate surface area is 98.9 Å². The molecule has 1 rings (SSSR count). The summed E-state index contributed by atoms with van der Waals surface area (Å²) >= 11 is 0. The average Bonchev–Trinajstić information content (AvgIpc) is 2.19. The first-order valence-electron chi connectivity index (χ1n) is 4.44. The maximum atomic E-state index is 9.22. The minimum atomic E-state index is -4.67. The fourth-order valence-corrected chi connectivity index (χ4v) is 1.01. The maximum Gasteiger partial charge on any atom is 0.394 e. The number of aliphatic hydroxyl groups is 1. The molecule has 0 heterocycles. The molecule has 0 bridgehead atoms. The van der Waals surface area contributed by atoms with Crippen molar-refractivity contribution in [1.29, 1.82) is 0 Å². The van der Waals surface area contributed by atoms with E-state index in [4.69, 9.17) is 27.4 Å². The SMILES string of the molecule is COc1cc(CCO)ccc1O.O=S(=O)(O)O. The molecule has 7 nitrogen and oxygen atoms in total. The molecule has 8 heteroatoms. The van der Waals surface area contributed by atoms with E-state index in [9.17, 15) is 5.11 Å². The molecule has 4 N–H and O–H groups in total. The van der Waals surface area contributed by atoms with E-state index in [1.165, 1.54) is 7.11 Å². The summed E-state index contributed by atoms with van der Waals surface area (Å²) in [6, 6.07) is 5.03. The van der Waals surface area contributed by atoms with Gasteiger partial charge >= 0.3 is 10.4 Å². The summed E-state index contributed by atoms with van der Waals surface area (Å²) in [5.74, 6) is 0.570. The summed E-state index contributed by atoms with van der Waals surface area (Å²) in [5.41, 5.74) is 0.951. The lowest BCUT2D eigenvalue weighted by Crippen LogP contribution is -1.91. The number of aromatic hydroxyl groups is 1. The predicted octanol–water partition coefficient (Wildman–Crippen LogP) is 0.283. The minimum absolute atomic E-state index is 0.105. The molecule has 0 fully saturated rings. The van der Waals surface area contributed by atoms with Gasteiger partial charge in [-0.3, -0.25) is 9.11 Å². The highest BCUT2D eigenvalue weighted by Crippen LogP contribution is 2.26. The zero-order valence-electron chi connectivity index (χ0n) is 9.07. The van der Waals surface area contributed by atoms with E-state index in [0.29, 0.717) is 12.2 Å². The van der Waals surface area contributed by atoms with Crippen LogP contribution >= 0.6 is 0 Å².